The van der Waals surface area contributed by atoms with E-state index in [2.05, 4.69) is 23.5 Å². The van der Waals surface area contributed by atoms with Gasteiger partial charge >= 0.3 is 11.9 Å². The van der Waals surface area contributed by atoms with Crippen LogP contribution in [0.3, 0.4) is 0 Å². The van der Waals surface area contributed by atoms with Crippen LogP contribution in [0.4, 0.5) is 0 Å². The lowest BCUT2D eigenvalue weighted by Gasteiger charge is -2.06. The molecule has 6 heteroatoms. The lowest BCUT2D eigenvalue weighted by atomic mass is 10.1. The van der Waals surface area contributed by atoms with Crippen molar-refractivity contribution in [1.29, 1.82) is 0 Å². The maximum Gasteiger partial charge on any atom is 0.305 e. The Morgan fingerprint density at radius 1 is 0.310 bits per heavy atom. The van der Waals surface area contributed by atoms with E-state index in [4.69, 9.17) is 9.47 Å². The highest BCUT2D eigenvalue weighted by Gasteiger charge is 2.04. The lowest BCUT2D eigenvalue weighted by molar-refractivity contribution is -0.144. The fourth-order valence-electron chi connectivity index (χ4n) is 5.46. The summed E-state index contributed by atoms with van der Waals surface area (Å²) < 4.78 is 10.9. The summed E-state index contributed by atoms with van der Waals surface area (Å²) in [6, 6.07) is 0. The van der Waals surface area contributed by atoms with Crippen LogP contribution in [-0.4, -0.2) is 48.2 Å². The van der Waals surface area contributed by atoms with E-state index in [1.54, 1.807) is 0 Å². The highest BCUT2D eigenvalue weighted by molar-refractivity contribution is 7.99. The second-order valence-electron chi connectivity index (χ2n) is 12.4. The van der Waals surface area contributed by atoms with Crippen molar-refractivity contribution in [2.45, 2.75) is 180 Å². The summed E-state index contributed by atoms with van der Waals surface area (Å²) in [5.41, 5.74) is 0. The number of hydrogen-bond donors (Lipinski definition) is 0. The summed E-state index contributed by atoms with van der Waals surface area (Å²) in [4.78, 5) is 23.9. The quantitative estimate of drug-likeness (QED) is 0.249. The third-order valence-electron chi connectivity index (χ3n) is 8.23. The molecule has 1 aliphatic rings. The van der Waals surface area contributed by atoms with E-state index in [-0.39, 0.29) is 11.9 Å². The number of ether oxygens (including phenoxy) is 2. The van der Waals surface area contributed by atoms with E-state index >= 15 is 0 Å². The molecule has 0 aromatic heterocycles. The molecule has 248 valence electrons. The van der Waals surface area contributed by atoms with Gasteiger partial charge in [-0.1, -0.05) is 116 Å². The average Bonchev–Trinajstić information content (AvgIpc) is 2.99. The van der Waals surface area contributed by atoms with Gasteiger partial charge in [-0.15, -0.1) is 0 Å². The van der Waals surface area contributed by atoms with Crippen LogP contribution in [0.1, 0.15) is 180 Å². The number of cyclic esters (lactones) is 2. The molecular weight excluding hydrogens is 561 g/mol. The van der Waals surface area contributed by atoms with Gasteiger partial charge in [-0.25, -0.2) is 0 Å². The molecule has 0 atom stereocenters. The zero-order valence-corrected chi connectivity index (χ0v) is 29.1. The predicted molar refractivity (Wildman–Crippen MR) is 186 cm³/mol. The van der Waals surface area contributed by atoms with Gasteiger partial charge in [-0.3, -0.25) is 9.59 Å². The molecule has 0 aromatic carbocycles. The van der Waals surface area contributed by atoms with Crippen molar-refractivity contribution < 1.29 is 19.1 Å². The molecule has 4 nitrogen and oxygen atoms in total. The van der Waals surface area contributed by atoms with Gasteiger partial charge in [0.25, 0.3) is 0 Å². The second-order valence-corrected chi connectivity index (χ2v) is 14.8. The molecule has 0 amide bonds. The summed E-state index contributed by atoms with van der Waals surface area (Å²) in [7, 11) is 0. The molecule has 1 rings (SSSR count). The van der Waals surface area contributed by atoms with E-state index in [1.165, 1.54) is 139 Å². The number of thioether (sulfide) groups is 2. The fraction of sp³-hybridized carbons (Fsp3) is 0.944. The normalized spacial score (nSPS) is 23.1. The Bertz CT molecular complexity index is 493. The van der Waals surface area contributed by atoms with Gasteiger partial charge < -0.3 is 9.47 Å². The first-order valence-corrected chi connectivity index (χ1v) is 20.6. The third kappa shape index (κ3) is 31.1. The smallest absolute Gasteiger partial charge is 0.305 e. The maximum absolute atomic E-state index is 11.9. The molecule has 0 N–H and O–H groups in total. The molecule has 0 saturated carbocycles. The summed E-state index contributed by atoms with van der Waals surface area (Å²) in [5.74, 6) is 4.94. The van der Waals surface area contributed by atoms with Crippen molar-refractivity contribution in [3.05, 3.63) is 0 Å². The molecular formula is C36H68O4S2. The van der Waals surface area contributed by atoms with Crippen molar-refractivity contribution in [1.82, 2.24) is 0 Å². The van der Waals surface area contributed by atoms with Gasteiger partial charge in [-0.05, 0) is 74.4 Å². The first-order chi connectivity index (χ1) is 20.8. The van der Waals surface area contributed by atoms with Crippen LogP contribution in [0.25, 0.3) is 0 Å². The van der Waals surface area contributed by atoms with E-state index in [9.17, 15) is 9.59 Å². The van der Waals surface area contributed by atoms with Gasteiger partial charge in [0.15, 0.2) is 0 Å². The largest absolute Gasteiger partial charge is 0.466 e. The summed E-state index contributed by atoms with van der Waals surface area (Å²) >= 11 is 4.12. The Kier molecular flexibility index (Phi) is 31.7. The van der Waals surface area contributed by atoms with Gasteiger partial charge in [-0.2, -0.15) is 23.5 Å². The fourth-order valence-corrected chi connectivity index (χ4v) is 7.50. The molecule has 0 bridgehead atoms. The minimum absolute atomic E-state index is 0.00775. The molecule has 0 aromatic rings. The summed E-state index contributed by atoms with van der Waals surface area (Å²) in [6.45, 7) is 1.21. The number of esters is 2. The molecule has 1 heterocycles. The first-order valence-electron chi connectivity index (χ1n) is 18.3. The Morgan fingerprint density at radius 2 is 0.548 bits per heavy atom. The maximum atomic E-state index is 11.9. The third-order valence-corrected chi connectivity index (χ3v) is 10.5. The highest BCUT2D eigenvalue weighted by Crippen LogP contribution is 2.16. The summed E-state index contributed by atoms with van der Waals surface area (Å²) in [5, 5.41) is 0. The topological polar surface area (TPSA) is 52.6 Å². The molecule has 0 spiro atoms. The van der Waals surface area contributed by atoms with Crippen LogP contribution in [0, 0.1) is 0 Å². The van der Waals surface area contributed by atoms with Crippen molar-refractivity contribution >= 4 is 35.5 Å². The van der Waals surface area contributed by atoms with Gasteiger partial charge in [0.2, 0.25) is 0 Å². The van der Waals surface area contributed by atoms with Gasteiger partial charge in [0.05, 0.1) is 13.2 Å². The zero-order chi connectivity index (χ0) is 30.0. The average molecular weight is 629 g/mol. The Labute approximate surface area is 269 Å². The zero-order valence-electron chi connectivity index (χ0n) is 27.5. The second kappa shape index (κ2) is 33.5. The molecule has 0 unspecified atom stereocenters. The molecule has 1 saturated heterocycles. The minimum Gasteiger partial charge on any atom is -0.466 e. The van der Waals surface area contributed by atoms with Crippen LogP contribution in [0.5, 0.6) is 0 Å². The molecule has 0 aliphatic carbocycles. The molecule has 1 aliphatic heterocycles. The van der Waals surface area contributed by atoms with E-state index in [0.717, 1.165) is 51.4 Å². The van der Waals surface area contributed by atoms with Crippen LogP contribution in [0.15, 0.2) is 0 Å². The standard InChI is InChI=1S/C36H68O4S2/c37-35-27-19-15-11-7-3-1-5-9-13-17-23-31-41-33-25-21-30-40-36(38)28-20-16-12-8-4-2-6-10-14-18-24-32-42-34-26-22-29-39-35/h1-34H2. The van der Waals surface area contributed by atoms with Gasteiger partial charge in [0.1, 0.15) is 0 Å². The highest BCUT2D eigenvalue weighted by atomic mass is 32.2. The molecule has 1 fully saturated rings. The van der Waals surface area contributed by atoms with Crippen molar-refractivity contribution in [2.75, 3.05) is 36.2 Å². The van der Waals surface area contributed by atoms with Crippen molar-refractivity contribution in [3.8, 4) is 0 Å². The van der Waals surface area contributed by atoms with E-state index in [1.807, 2.05) is 0 Å². The SMILES string of the molecule is O=C1CCCCCCCCCCCCCSCCCCOC(=O)CCCCCCCCCCCCCSCCCCO1. The van der Waals surface area contributed by atoms with Crippen molar-refractivity contribution in [3.63, 3.8) is 0 Å². The van der Waals surface area contributed by atoms with E-state index in [0.29, 0.717) is 26.1 Å². The van der Waals surface area contributed by atoms with Crippen LogP contribution in [-0.2, 0) is 19.1 Å². The predicted octanol–water partition coefficient (Wildman–Crippen LogP) is 11.5. The number of carbonyl (C=O) groups is 2. The lowest BCUT2D eigenvalue weighted by Crippen LogP contribution is -2.05. The Hall–Kier alpha value is -0.360. The van der Waals surface area contributed by atoms with Crippen LogP contribution in [0.2, 0.25) is 0 Å². The summed E-state index contributed by atoms with van der Waals surface area (Å²) in [6.07, 6.45) is 34.0. The van der Waals surface area contributed by atoms with Crippen LogP contribution < -0.4 is 0 Å². The monoisotopic (exact) mass is 628 g/mol. The minimum atomic E-state index is 0.00775. The molecule has 42 heavy (non-hydrogen) atoms. The number of carbonyl (C=O) groups excluding carboxylic acids is 2. The van der Waals surface area contributed by atoms with Gasteiger partial charge in [0, 0.05) is 12.8 Å². The number of hydrogen-bond acceptors (Lipinski definition) is 6. The molecule has 0 radical (unpaired) electrons. The number of rotatable bonds is 0. The Morgan fingerprint density at radius 3 is 0.857 bits per heavy atom. The first kappa shape index (κ1) is 39.7. The Balaban J connectivity index is 2.09. The van der Waals surface area contributed by atoms with E-state index < -0.39 is 0 Å². The van der Waals surface area contributed by atoms with Crippen molar-refractivity contribution in [2.24, 2.45) is 0 Å². The van der Waals surface area contributed by atoms with Crippen LogP contribution >= 0.6 is 23.5 Å².